The molecule has 1 saturated heterocycles. The van der Waals surface area contributed by atoms with E-state index in [4.69, 9.17) is 10.2 Å². The summed E-state index contributed by atoms with van der Waals surface area (Å²) < 4.78 is 0. The fraction of sp³-hybridized carbons (Fsp3) is 0.667. The number of likely N-dealkylation sites (tertiary alicyclic amines) is 1. The van der Waals surface area contributed by atoms with Crippen molar-refractivity contribution in [2.24, 2.45) is 0 Å². The number of hydrogen-bond donors (Lipinski definition) is 3. The van der Waals surface area contributed by atoms with Crippen molar-refractivity contribution in [3.8, 4) is 0 Å². The summed E-state index contributed by atoms with van der Waals surface area (Å²) >= 11 is 0. The zero-order chi connectivity index (χ0) is 15.1. The van der Waals surface area contributed by atoms with Gasteiger partial charge in [0.2, 0.25) is 0 Å². The molecule has 8 nitrogen and oxygen atoms in total. The Balaban J connectivity index is 2.48. The summed E-state index contributed by atoms with van der Waals surface area (Å²) in [7, 11) is 0. The molecule has 1 aliphatic rings. The highest BCUT2D eigenvalue weighted by atomic mass is 16.4. The third-order valence-corrected chi connectivity index (χ3v) is 3.10. The van der Waals surface area contributed by atoms with Crippen LogP contribution in [0.5, 0.6) is 0 Å². The second-order valence-corrected chi connectivity index (χ2v) is 4.60. The minimum absolute atomic E-state index is 0.0719. The number of nitrogens with one attached hydrogen (secondary N) is 1. The Morgan fingerprint density at radius 3 is 2.45 bits per heavy atom. The van der Waals surface area contributed by atoms with Gasteiger partial charge in [0.25, 0.3) is 0 Å². The van der Waals surface area contributed by atoms with Gasteiger partial charge >= 0.3 is 23.8 Å². The molecule has 1 heterocycles. The molecular weight excluding hydrogens is 268 g/mol. The molecule has 1 rings (SSSR count). The van der Waals surface area contributed by atoms with Gasteiger partial charge < -0.3 is 20.4 Å². The summed E-state index contributed by atoms with van der Waals surface area (Å²) in [5.74, 6) is -3.85. The minimum atomic E-state index is -1.11. The van der Waals surface area contributed by atoms with Crippen LogP contribution in [0.25, 0.3) is 0 Å². The van der Waals surface area contributed by atoms with Gasteiger partial charge in [0, 0.05) is 19.5 Å². The van der Waals surface area contributed by atoms with Crippen molar-refractivity contribution in [2.75, 3.05) is 13.1 Å². The lowest BCUT2D eigenvalue weighted by Gasteiger charge is -2.32. The van der Waals surface area contributed by atoms with Crippen molar-refractivity contribution in [1.29, 1.82) is 0 Å². The van der Waals surface area contributed by atoms with E-state index in [0.717, 1.165) is 4.90 Å². The molecule has 0 spiro atoms. The first kappa shape index (κ1) is 15.9. The van der Waals surface area contributed by atoms with Crippen molar-refractivity contribution in [3.63, 3.8) is 0 Å². The predicted octanol–water partition coefficient (Wildman–Crippen LogP) is -0.567. The summed E-state index contributed by atoms with van der Waals surface area (Å²) in [6, 6.07) is -0.957. The van der Waals surface area contributed by atoms with E-state index >= 15 is 0 Å². The molecule has 1 atom stereocenters. The number of amides is 2. The molecule has 0 aromatic heterocycles. The molecule has 0 bridgehead atoms. The summed E-state index contributed by atoms with van der Waals surface area (Å²) in [4.78, 5) is 45.9. The molecule has 0 radical (unpaired) electrons. The van der Waals surface area contributed by atoms with Gasteiger partial charge in [-0.2, -0.15) is 0 Å². The molecule has 2 amide bonds. The van der Waals surface area contributed by atoms with Crippen LogP contribution in [0.1, 0.15) is 32.1 Å². The smallest absolute Gasteiger partial charge is 0.326 e. The summed E-state index contributed by atoms with van der Waals surface area (Å²) in [5, 5.41) is 19.8. The first-order valence-electron chi connectivity index (χ1n) is 6.47. The summed E-state index contributed by atoms with van der Waals surface area (Å²) in [6.45, 7) is 0.320. The second-order valence-electron chi connectivity index (χ2n) is 4.60. The van der Waals surface area contributed by atoms with Crippen LogP contribution in [-0.4, -0.2) is 58.0 Å². The Morgan fingerprint density at radius 2 is 1.85 bits per heavy atom. The van der Waals surface area contributed by atoms with Crippen LogP contribution in [0.3, 0.4) is 0 Å². The van der Waals surface area contributed by atoms with E-state index in [2.05, 4.69) is 5.32 Å². The topological polar surface area (TPSA) is 124 Å². The lowest BCUT2D eigenvalue weighted by Crippen LogP contribution is -2.53. The fourth-order valence-corrected chi connectivity index (χ4v) is 2.08. The monoisotopic (exact) mass is 286 g/mol. The van der Waals surface area contributed by atoms with Crippen LogP contribution < -0.4 is 5.32 Å². The zero-order valence-corrected chi connectivity index (χ0v) is 11.0. The average Bonchev–Trinajstić information content (AvgIpc) is 2.42. The number of carboxylic acid groups (broad SMARTS) is 2. The van der Waals surface area contributed by atoms with Crippen LogP contribution in [0, 0.1) is 0 Å². The Morgan fingerprint density at radius 1 is 1.15 bits per heavy atom. The molecule has 0 aliphatic carbocycles. The third kappa shape index (κ3) is 4.52. The second kappa shape index (κ2) is 7.46. The van der Waals surface area contributed by atoms with Gasteiger partial charge in [-0.1, -0.05) is 0 Å². The lowest BCUT2D eigenvalue weighted by atomic mass is 10.0. The maximum absolute atomic E-state index is 11.9. The van der Waals surface area contributed by atoms with Gasteiger partial charge in [0.1, 0.15) is 6.04 Å². The quantitative estimate of drug-likeness (QED) is 0.459. The number of piperidine rings is 1. The molecule has 3 N–H and O–H groups in total. The van der Waals surface area contributed by atoms with Gasteiger partial charge in [-0.15, -0.1) is 0 Å². The van der Waals surface area contributed by atoms with Crippen LogP contribution in [-0.2, 0) is 19.2 Å². The maximum Gasteiger partial charge on any atom is 0.326 e. The molecule has 112 valence electrons. The average molecular weight is 286 g/mol. The standard InChI is InChI=1S/C12H18N2O6/c15-9(16)5-3-6-13-10(17)11(18)14-7-2-1-4-8(14)12(19)20/h8H,1-7H2,(H,13,17)(H,15,16)(H,19,20)/t8-/m0/s1. The van der Waals surface area contributed by atoms with Crippen molar-refractivity contribution in [1.82, 2.24) is 10.2 Å². The molecule has 0 saturated carbocycles. The SMILES string of the molecule is O=C(O)CCCNC(=O)C(=O)N1CCCC[C@H]1C(=O)O. The first-order chi connectivity index (χ1) is 9.43. The van der Waals surface area contributed by atoms with E-state index in [9.17, 15) is 19.2 Å². The van der Waals surface area contributed by atoms with Crippen molar-refractivity contribution in [2.45, 2.75) is 38.1 Å². The van der Waals surface area contributed by atoms with Crippen LogP contribution in [0.2, 0.25) is 0 Å². The first-order valence-corrected chi connectivity index (χ1v) is 6.47. The highest BCUT2D eigenvalue weighted by molar-refractivity contribution is 6.35. The van der Waals surface area contributed by atoms with E-state index in [-0.39, 0.29) is 25.9 Å². The molecule has 0 unspecified atom stereocenters. The number of carbonyl (C=O) groups is 4. The largest absolute Gasteiger partial charge is 0.481 e. The fourth-order valence-electron chi connectivity index (χ4n) is 2.08. The van der Waals surface area contributed by atoms with Crippen LogP contribution in [0.15, 0.2) is 0 Å². The maximum atomic E-state index is 11.9. The predicted molar refractivity (Wildman–Crippen MR) is 66.9 cm³/mol. The summed E-state index contributed by atoms with van der Waals surface area (Å²) in [5.41, 5.74) is 0. The van der Waals surface area contributed by atoms with Crippen molar-refractivity contribution < 1.29 is 29.4 Å². The van der Waals surface area contributed by atoms with Gasteiger partial charge in [0.15, 0.2) is 0 Å². The molecule has 1 fully saturated rings. The van der Waals surface area contributed by atoms with Gasteiger partial charge in [-0.3, -0.25) is 14.4 Å². The Bertz CT molecular complexity index is 409. The number of carboxylic acids is 2. The molecule has 8 heteroatoms. The van der Waals surface area contributed by atoms with Crippen molar-refractivity contribution >= 4 is 23.8 Å². The number of carbonyl (C=O) groups excluding carboxylic acids is 2. The Labute approximate surface area is 115 Å². The van der Waals surface area contributed by atoms with Crippen molar-refractivity contribution in [3.05, 3.63) is 0 Å². The molecule has 0 aromatic carbocycles. The number of rotatable bonds is 5. The van der Waals surface area contributed by atoms with E-state index in [1.165, 1.54) is 0 Å². The third-order valence-electron chi connectivity index (χ3n) is 3.10. The zero-order valence-electron chi connectivity index (χ0n) is 11.0. The summed E-state index contributed by atoms with van der Waals surface area (Å²) in [6.07, 6.45) is 1.84. The van der Waals surface area contributed by atoms with E-state index in [0.29, 0.717) is 19.3 Å². The number of hydrogen-bond acceptors (Lipinski definition) is 4. The number of nitrogens with zero attached hydrogens (tertiary/aromatic N) is 1. The van der Waals surface area contributed by atoms with Gasteiger partial charge in [-0.25, -0.2) is 4.79 Å². The molecule has 20 heavy (non-hydrogen) atoms. The van der Waals surface area contributed by atoms with Crippen LogP contribution in [0.4, 0.5) is 0 Å². The van der Waals surface area contributed by atoms with E-state index in [1.807, 2.05) is 0 Å². The van der Waals surface area contributed by atoms with E-state index in [1.54, 1.807) is 0 Å². The van der Waals surface area contributed by atoms with E-state index < -0.39 is 29.8 Å². The van der Waals surface area contributed by atoms with Crippen LogP contribution >= 0.6 is 0 Å². The Kier molecular flexibility index (Phi) is 5.95. The highest BCUT2D eigenvalue weighted by Crippen LogP contribution is 2.17. The van der Waals surface area contributed by atoms with Gasteiger partial charge in [0.05, 0.1) is 0 Å². The number of aliphatic carboxylic acids is 2. The lowest BCUT2D eigenvalue weighted by molar-refractivity contribution is -0.156. The molecule has 1 aliphatic heterocycles. The minimum Gasteiger partial charge on any atom is -0.481 e. The highest BCUT2D eigenvalue weighted by Gasteiger charge is 2.34. The Hall–Kier alpha value is -2.12. The van der Waals surface area contributed by atoms with Gasteiger partial charge in [-0.05, 0) is 25.7 Å². The molecule has 0 aromatic rings. The molecular formula is C12H18N2O6. The normalized spacial score (nSPS) is 18.4.